The highest BCUT2D eigenvalue weighted by molar-refractivity contribution is 7.11. The van der Waals surface area contributed by atoms with E-state index in [1.54, 1.807) is 17.6 Å². The Morgan fingerprint density at radius 2 is 1.95 bits per heavy atom. The van der Waals surface area contributed by atoms with Gasteiger partial charge in [-0.25, -0.2) is 10.2 Å². The quantitative estimate of drug-likeness (QED) is 0.652. The van der Waals surface area contributed by atoms with Crippen LogP contribution in [0.25, 0.3) is 0 Å². The lowest BCUT2D eigenvalue weighted by atomic mass is 10.1. The first-order chi connectivity index (χ1) is 9.16. The standard InChI is InChI=1S/C14H15N3OS/c1-10-5-3-6-11(2)13(10)16-14(18)17-15-9-12-7-4-8-19-12/h3-9H,1-2H3,(H2,16,17,18)/b15-9+. The van der Waals surface area contributed by atoms with Crippen LogP contribution in [0, 0.1) is 13.8 Å². The van der Waals surface area contributed by atoms with Crippen LogP contribution in [-0.4, -0.2) is 12.2 Å². The summed E-state index contributed by atoms with van der Waals surface area (Å²) in [5.41, 5.74) is 5.33. The van der Waals surface area contributed by atoms with Gasteiger partial charge in [-0.2, -0.15) is 5.10 Å². The maximum atomic E-state index is 11.7. The zero-order chi connectivity index (χ0) is 13.7. The zero-order valence-electron chi connectivity index (χ0n) is 10.8. The van der Waals surface area contributed by atoms with E-state index in [1.165, 1.54) is 0 Å². The van der Waals surface area contributed by atoms with E-state index < -0.39 is 0 Å². The molecule has 0 unspecified atom stereocenters. The molecule has 2 amide bonds. The molecule has 98 valence electrons. The molecule has 0 radical (unpaired) electrons. The fourth-order valence-corrected chi connectivity index (χ4v) is 2.26. The molecule has 0 aliphatic heterocycles. The molecule has 1 aromatic carbocycles. The molecule has 0 saturated carbocycles. The SMILES string of the molecule is Cc1cccc(C)c1NC(=O)N/N=C/c1cccs1. The highest BCUT2D eigenvalue weighted by Gasteiger charge is 2.05. The van der Waals surface area contributed by atoms with E-state index in [9.17, 15) is 4.79 Å². The number of aryl methyl sites for hydroxylation is 2. The van der Waals surface area contributed by atoms with Crippen molar-refractivity contribution < 1.29 is 4.79 Å². The lowest BCUT2D eigenvalue weighted by molar-refractivity contribution is 0.252. The highest BCUT2D eigenvalue weighted by Crippen LogP contribution is 2.18. The Labute approximate surface area is 116 Å². The van der Waals surface area contributed by atoms with Gasteiger partial charge in [-0.1, -0.05) is 24.3 Å². The van der Waals surface area contributed by atoms with E-state index in [2.05, 4.69) is 15.8 Å². The summed E-state index contributed by atoms with van der Waals surface area (Å²) in [6.45, 7) is 3.91. The second kappa shape index (κ2) is 6.15. The van der Waals surface area contributed by atoms with E-state index in [1.807, 2.05) is 49.6 Å². The first kappa shape index (κ1) is 13.3. The summed E-state index contributed by atoms with van der Waals surface area (Å²) < 4.78 is 0. The third kappa shape index (κ3) is 3.66. The first-order valence-electron chi connectivity index (χ1n) is 5.86. The van der Waals surface area contributed by atoms with Crippen LogP contribution in [0.4, 0.5) is 10.5 Å². The number of nitrogens with zero attached hydrogens (tertiary/aromatic N) is 1. The lowest BCUT2D eigenvalue weighted by Gasteiger charge is -2.10. The van der Waals surface area contributed by atoms with Gasteiger partial charge in [0, 0.05) is 10.6 Å². The van der Waals surface area contributed by atoms with Gasteiger partial charge in [0.25, 0.3) is 0 Å². The predicted octanol–water partition coefficient (Wildman–Crippen LogP) is 3.52. The predicted molar refractivity (Wildman–Crippen MR) is 80.0 cm³/mol. The molecule has 5 heteroatoms. The van der Waals surface area contributed by atoms with E-state index in [0.29, 0.717) is 0 Å². The molecule has 0 fully saturated rings. The summed E-state index contributed by atoms with van der Waals surface area (Å²) in [5, 5.41) is 8.65. The Bertz CT molecular complexity index is 570. The molecule has 2 rings (SSSR count). The monoisotopic (exact) mass is 273 g/mol. The maximum absolute atomic E-state index is 11.7. The van der Waals surface area contributed by atoms with E-state index in [4.69, 9.17) is 0 Å². The number of amides is 2. The van der Waals surface area contributed by atoms with E-state index in [0.717, 1.165) is 21.7 Å². The number of hydrazone groups is 1. The fourth-order valence-electron chi connectivity index (χ4n) is 1.67. The summed E-state index contributed by atoms with van der Waals surface area (Å²) in [4.78, 5) is 12.7. The molecular weight excluding hydrogens is 258 g/mol. The molecule has 0 aliphatic carbocycles. The Hall–Kier alpha value is -2.14. The van der Waals surface area contributed by atoms with Crippen LogP contribution in [0.2, 0.25) is 0 Å². The van der Waals surface area contributed by atoms with Crippen molar-refractivity contribution in [2.75, 3.05) is 5.32 Å². The third-order valence-corrected chi connectivity index (χ3v) is 3.43. The van der Waals surface area contributed by atoms with Gasteiger partial charge in [0.15, 0.2) is 0 Å². The molecule has 0 aliphatic rings. The van der Waals surface area contributed by atoms with E-state index >= 15 is 0 Å². The molecule has 1 heterocycles. The van der Waals surface area contributed by atoms with Crippen LogP contribution in [0.1, 0.15) is 16.0 Å². The number of benzene rings is 1. The molecule has 0 atom stereocenters. The molecule has 0 saturated heterocycles. The van der Waals surface area contributed by atoms with Crippen LogP contribution in [0.15, 0.2) is 40.8 Å². The third-order valence-electron chi connectivity index (χ3n) is 2.62. The van der Waals surface area contributed by atoms with Crippen molar-refractivity contribution in [3.05, 3.63) is 51.7 Å². The molecular formula is C14H15N3OS. The normalized spacial score (nSPS) is 10.6. The fraction of sp³-hybridized carbons (Fsp3) is 0.143. The average Bonchev–Trinajstić information content (AvgIpc) is 2.87. The minimum Gasteiger partial charge on any atom is -0.306 e. The molecule has 2 N–H and O–H groups in total. The summed E-state index contributed by atoms with van der Waals surface area (Å²) in [6, 6.07) is 9.39. The summed E-state index contributed by atoms with van der Waals surface area (Å²) >= 11 is 1.56. The number of carbonyl (C=O) groups excluding carboxylic acids is 1. The second-order valence-corrected chi connectivity index (χ2v) is 5.09. The minimum absolute atomic E-state index is 0.342. The molecule has 4 nitrogen and oxygen atoms in total. The molecule has 2 aromatic rings. The zero-order valence-corrected chi connectivity index (χ0v) is 11.6. The summed E-state index contributed by atoms with van der Waals surface area (Å²) in [5.74, 6) is 0. The van der Waals surface area contributed by atoms with Crippen molar-refractivity contribution in [3.63, 3.8) is 0 Å². The van der Waals surface area contributed by atoms with Crippen LogP contribution >= 0.6 is 11.3 Å². The van der Waals surface area contributed by atoms with Crippen LogP contribution in [0.3, 0.4) is 0 Å². The number of rotatable bonds is 3. The van der Waals surface area contributed by atoms with Crippen molar-refractivity contribution in [2.24, 2.45) is 5.10 Å². The van der Waals surface area contributed by atoms with Crippen molar-refractivity contribution in [1.82, 2.24) is 5.43 Å². The molecule has 0 bridgehead atoms. The number of hydrogen-bond donors (Lipinski definition) is 2. The summed E-state index contributed by atoms with van der Waals surface area (Å²) in [7, 11) is 0. The van der Waals surface area contributed by atoms with Gasteiger partial charge in [-0.05, 0) is 36.4 Å². The largest absolute Gasteiger partial charge is 0.339 e. The van der Waals surface area contributed by atoms with Gasteiger partial charge in [0.1, 0.15) is 0 Å². The average molecular weight is 273 g/mol. The van der Waals surface area contributed by atoms with Gasteiger partial charge >= 0.3 is 6.03 Å². The smallest absolute Gasteiger partial charge is 0.306 e. The van der Waals surface area contributed by atoms with E-state index in [-0.39, 0.29) is 6.03 Å². The minimum atomic E-state index is -0.342. The molecule has 0 spiro atoms. The van der Waals surface area contributed by atoms with Crippen molar-refractivity contribution in [2.45, 2.75) is 13.8 Å². The number of hydrogen-bond acceptors (Lipinski definition) is 3. The number of carbonyl (C=O) groups is 1. The number of urea groups is 1. The maximum Gasteiger partial charge on any atom is 0.339 e. The van der Waals surface area contributed by atoms with Crippen molar-refractivity contribution >= 4 is 29.3 Å². The van der Waals surface area contributed by atoms with Crippen LogP contribution in [0.5, 0.6) is 0 Å². The van der Waals surface area contributed by atoms with Gasteiger partial charge in [-0.3, -0.25) is 0 Å². The molecule has 1 aromatic heterocycles. The first-order valence-corrected chi connectivity index (χ1v) is 6.74. The van der Waals surface area contributed by atoms with Gasteiger partial charge in [-0.15, -0.1) is 11.3 Å². The van der Waals surface area contributed by atoms with Crippen LogP contribution < -0.4 is 10.7 Å². The molecule has 19 heavy (non-hydrogen) atoms. The van der Waals surface area contributed by atoms with Crippen LogP contribution in [-0.2, 0) is 0 Å². The lowest BCUT2D eigenvalue weighted by Crippen LogP contribution is -2.25. The number of nitrogens with one attached hydrogen (secondary N) is 2. The van der Waals surface area contributed by atoms with Crippen molar-refractivity contribution in [3.8, 4) is 0 Å². The summed E-state index contributed by atoms with van der Waals surface area (Å²) in [6.07, 6.45) is 1.62. The van der Waals surface area contributed by atoms with Gasteiger partial charge < -0.3 is 5.32 Å². The Morgan fingerprint density at radius 1 is 1.21 bits per heavy atom. The Balaban J connectivity index is 1.95. The van der Waals surface area contributed by atoms with Gasteiger partial charge in [0.2, 0.25) is 0 Å². The Morgan fingerprint density at radius 3 is 2.58 bits per heavy atom. The number of thiophene rings is 1. The van der Waals surface area contributed by atoms with Gasteiger partial charge in [0.05, 0.1) is 6.21 Å². The number of para-hydroxylation sites is 1. The second-order valence-electron chi connectivity index (χ2n) is 4.11. The number of anilines is 1. The Kier molecular flexibility index (Phi) is 4.30. The van der Waals surface area contributed by atoms with Crippen molar-refractivity contribution in [1.29, 1.82) is 0 Å². The highest BCUT2D eigenvalue weighted by atomic mass is 32.1. The topological polar surface area (TPSA) is 53.5 Å².